The number of carbonyl (C=O) groups is 2. The largest absolute Gasteiger partial charge is 0.599 e. The van der Waals surface area contributed by atoms with Gasteiger partial charge >= 0.3 is 0 Å². The summed E-state index contributed by atoms with van der Waals surface area (Å²) in [4.78, 5) is 28.5. The monoisotopic (exact) mass is 874 g/mol. The zero-order valence-electron chi connectivity index (χ0n) is 35.5. The highest BCUT2D eigenvalue weighted by Gasteiger charge is 2.36. The second-order valence-corrected chi connectivity index (χ2v) is 15.8. The van der Waals surface area contributed by atoms with Gasteiger partial charge in [-0.3, -0.25) is 14.6 Å². The maximum Gasteiger partial charge on any atom is 0.246 e. The molecule has 0 bridgehead atoms. The number of amides is 2. The van der Waals surface area contributed by atoms with E-state index in [-0.39, 0.29) is 70.5 Å². The number of aliphatic imine (C=N–C) groups is 1. The highest BCUT2D eigenvalue weighted by molar-refractivity contribution is 8.00. The van der Waals surface area contributed by atoms with E-state index in [1.165, 1.54) is 27.8 Å². The van der Waals surface area contributed by atoms with Crippen molar-refractivity contribution in [2.75, 3.05) is 98.1 Å². The van der Waals surface area contributed by atoms with E-state index in [1.54, 1.807) is 11.8 Å². The average Bonchev–Trinajstić information content (AvgIpc) is 3.65. The number of nitrogens with one attached hydrogen (secondary N) is 2. The lowest BCUT2D eigenvalue weighted by Gasteiger charge is -2.35. The molecule has 2 amide bonds. The van der Waals surface area contributed by atoms with E-state index < -0.39 is 10.8 Å². The number of thioether (sulfide) groups is 1. The molecule has 0 fully saturated rings. The Morgan fingerprint density at radius 3 is 1.49 bits per heavy atom. The second-order valence-electron chi connectivity index (χ2n) is 14.5. The third kappa shape index (κ3) is 14.2. The van der Waals surface area contributed by atoms with Crippen LogP contribution >= 0.6 is 11.8 Å². The van der Waals surface area contributed by atoms with Gasteiger partial charge in [0.25, 0.3) is 0 Å². The van der Waals surface area contributed by atoms with E-state index >= 15 is 0 Å². The molecule has 12 nitrogen and oxygen atoms in total. The lowest BCUT2D eigenvalue weighted by atomic mass is 9.84. The summed E-state index contributed by atoms with van der Waals surface area (Å²) in [6.45, 7) is 3.38. The number of fused-ring (bicyclic) bond motifs is 3. The number of nitrogens with zero attached hydrogens (tertiary/aromatic N) is 1. The third-order valence-electron chi connectivity index (χ3n) is 10.2. The number of carbonyl (C=O) groups excluding carboxylic acids is 2. The molecule has 0 unspecified atom stereocenters. The van der Waals surface area contributed by atoms with Crippen LogP contribution in [0.4, 0.5) is 0 Å². The standard InChI is InChI=1S/C50H57N3O9S/c54-47(51-24-27-57-29-30-58-28-25-53-49(56)62-36-46-44-22-12-10-20-42(44)43-21-11-13-23-45(43)46)37-60-33-31-59-32-34-61-38-48(55)52-26-35-63-50(39-14-4-1-5-15-39,40-16-6-2-7-17-40)41-18-8-3-9-19-41/h1-23,46H,24-38H2,(H,51,54)(H,52,55)(H,53,56)/p-1. The van der Waals surface area contributed by atoms with Gasteiger partial charge in [-0.15, -0.1) is 11.8 Å². The second kappa shape index (κ2) is 26.2. The SMILES string of the molecule is O=C(COCCOCCOCC(=O)NCCSC(c1ccccc1)(c1ccccc1)c1ccccc1)NCCOCCOCCN=C([O-])OCC1c2ccccc2-c2ccccc21. The van der Waals surface area contributed by atoms with Gasteiger partial charge in [-0.25, -0.2) is 0 Å². The number of benzene rings is 5. The molecular weight excluding hydrogens is 819 g/mol. The summed E-state index contributed by atoms with van der Waals surface area (Å²) < 4.78 is 32.4. The minimum Gasteiger partial charge on any atom is -0.599 e. The first-order valence-corrected chi connectivity index (χ1v) is 22.3. The predicted octanol–water partition coefficient (Wildman–Crippen LogP) is 5.57. The first-order chi connectivity index (χ1) is 31.1. The number of rotatable bonds is 28. The van der Waals surface area contributed by atoms with E-state index in [0.29, 0.717) is 45.3 Å². The summed E-state index contributed by atoms with van der Waals surface area (Å²) in [5, 5.41) is 18.0. The average molecular weight is 875 g/mol. The first-order valence-electron chi connectivity index (χ1n) is 21.3. The van der Waals surface area contributed by atoms with Crippen LogP contribution in [0.5, 0.6) is 0 Å². The van der Waals surface area contributed by atoms with Gasteiger partial charge < -0.3 is 44.2 Å². The summed E-state index contributed by atoms with van der Waals surface area (Å²) in [6, 6.07) is 47.7. The van der Waals surface area contributed by atoms with Gasteiger partial charge in [-0.05, 0) is 38.9 Å². The van der Waals surface area contributed by atoms with Gasteiger partial charge in [-0.1, -0.05) is 140 Å². The lowest BCUT2D eigenvalue weighted by Crippen LogP contribution is -2.32. The maximum absolute atomic E-state index is 12.5. The van der Waals surface area contributed by atoms with E-state index in [0.717, 1.165) is 11.1 Å². The van der Waals surface area contributed by atoms with E-state index in [1.807, 2.05) is 42.5 Å². The molecule has 0 heterocycles. The fraction of sp³-hybridized carbons (Fsp3) is 0.340. The van der Waals surface area contributed by atoms with Crippen LogP contribution < -0.4 is 15.7 Å². The normalized spacial score (nSPS) is 12.4. The van der Waals surface area contributed by atoms with E-state index in [4.69, 9.17) is 28.4 Å². The molecule has 2 N–H and O–H groups in total. The maximum atomic E-state index is 12.5. The van der Waals surface area contributed by atoms with Crippen molar-refractivity contribution in [1.82, 2.24) is 10.6 Å². The molecule has 5 aromatic carbocycles. The quantitative estimate of drug-likeness (QED) is 0.0283. The van der Waals surface area contributed by atoms with Crippen LogP contribution in [0.2, 0.25) is 0 Å². The molecule has 0 atom stereocenters. The molecule has 1 aliphatic rings. The number of hydrogen-bond acceptors (Lipinski definition) is 11. The molecule has 0 saturated carbocycles. The predicted molar refractivity (Wildman–Crippen MR) is 244 cm³/mol. The van der Waals surface area contributed by atoms with Crippen LogP contribution in [0, 0.1) is 0 Å². The fourth-order valence-corrected chi connectivity index (χ4v) is 8.78. The molecule has 6 rings (SSSR count). The minimum absolute atomic E-state index is 0.00894. The van der Waals surface area contributed by atoms with Crippen LogP contribution in [0.3, 0.4) is 0 Å². The fourth-order valence-electron chi connectivity index (χ4n) is 7.36. The summed E-state index contributed by atoms with van der Waals surface area (Å²) in [5.74, 6) is 0.225. The summed E-state index contributed by atoms with van der Waals surface area (Å²) in [5.41, 5.74) is 8.18. The summed E-state index contributed by atoms with van der Waals surface area (Å²) >= 11 is 1.79. The van der Waals surface area contributed by atoms with Gasteiger partial charge in [0.1, 0.15) is 19.3 Å². The Labute approximate surface area is 374 Å². The molecule has 1 aliphatic carbocycles. The molecule has 332 valence electrons. The Bertz CT molecular complexity index is 2000. The van der Waals surface area contributed by atoms with Crippen molar-refractivity contribution >= 4 is 29.7 Å². The van der Waals surface area contributed by atoms with Crippen molar-refractivity contribution in [3.8, 4) is 11.1 Å². The lowest BCUT2D eigenvalue weighted by molar-refractivity contribution is -0.251. The Hall–Kier alpha value is -5.54. The molecule has 0 spiro atoms. The van der Waals surface area contributed by atoms with Gasteiger partial charge in [0.05, 0.1) is 64.1 Å². The Morgan fingerprint density at radius 2 is 0.968 bits per heavy atom. The molecule has 63 heavy (non-hydrogen) atoms. The van der Waals surface area contributed by atoms with Gasteiger partial charge in [0, 0.05) is 31.4 Å². The van der Waals surface area contributed by atoms with Gasteiger partial charge in [0.2, 0.25) is 11.8 Å². The molecule has 0 aliphatic heterocycles. The minimum atomic E-state index is -0.608. The first kappa shape index (κ1) is 47.0. The Balaban J connectivity index is 0.724. The smallest absolute Gasteiger partial charge is 0.246 e. The molecular formula is C50H56N3O9S-. The molecule has 5 aromatic rings. The van der Waals surface area contributed by atoms with Crippen LogP contribution in [0.15, 0.2) is 145 Å². The number of hydrogen-bond donors (Lipinski definition) is 2. The van der Waals surface area contributed by atoms with Crippen molar-refractivity contribution in [1.29, 1.82) is 0 Å². The topological polar surface area (TPSA) is 149 Å². The third-order valence-corrected chi connectivity index (χ3v) is 11.8. The van der Waals surface area contributed by atoms with Crippen molar-refractivity contribution in [3.05, 3.63) is 167 Å². The highest BCUT2D eigenvalue weighted by Crippen LogP contribution is 2.48. The summed E-state index contributed by atoms with van der Waals surface area (Å²) in [7, 11) is 0. The zero-order valence-corrected chi connectivity index (χ0v) is 36.3. The van der Waals surface area contributed by atoms with Crippen LogP contribution in [-0.2, 0) is 42.8 Å². The molecule has 0 radical (unpaired) electrons. The van der Waals surface area contributed by atoms with Gasteiger partial charge in [-0.2, -0.15) is 0 Å². The van der Waals surface area contributed by atoms with Crippen molar-refractivity contribution in [2.45, 2.75) is 10.7 Å². The van der Waals surface area contributed by atoms with E-state index in [2.05, 4.69) is 113 Å². The Morgan fingerprint density at radius 1 is 0.540 bits per heavy atom. The number of ether oxygens (including phenoxy) is 6. The zero-order chi connectivity index (χ0) is 43.8. The highest BCUT2D eigenvalue weighted by atomic mass is 32.2. The van der Waals surface area contributed by atoms with Gasteiger partial charge in [0.15, 0.2) is 0 Å². The summed E-state index contributed by atoms with van der Waals surface area (Å²) in [6.07, 6.45) is -0.608. The van der Waals surface area contributed by atoms with Crippen molar-refractivity contribution in [2.24, 2.45) is 4.99 Å². The molecule has 0 aromatic heterocycles. The Kier molecular flexibility index (Phi) is 19.5. The van der Waals surface area contributed by atoms with Crippen LogP contribution in [0.25, 0.3) is 11.1 Å². The van der Waals surface area contributed by atoms with E-state index in [9.17, 15) is 14.7 Å². The van der Waals surface area contributed by atoms with Crippen LogP contribution in [0.1, 0.15) is 33.7 Å². The molecule has 0 saturated heterocycles. The van der Waals surface area contributed by atoms with Crippen molar-refractivity contribution in [3.63, 3.8) is 0 Å². The molecule has 13 heteroatoms. The van der Waals surface area contributed by atoms with Crippen LogP contribution in [-0.4, -0.2) is 116 Å². The van der Waals surface area contributed by atoms with Crippen molar-refractivity contribution < 1.29 is 43.1 Å².